The van der Waals surface area contributed by atoms with Crippen LogP contribution in [0, 0.1) is 0 Å². The van der Waals surface area contributed by atoms with Gasteiger partial charge in [-0.05, 0) is 0 Å². The third kappa shape index (κ3) is 2.92. The summed E-state index contributed by atoms with van der Waals surface area (Å²) >= 11 is 0. The van der Waals surface area contributed by atoms with Gasteiger partial charge in [0.25, 0.3) is 0 Å². The molecule has 1 amide bonds. The number of carbonyl (C=O) groups excluding carboxylic acids is 2. The van der Waals surface area contributed by atoms with Crippen molar-refractivity contribution in [1.29, 1.82) is 0 Å². The number of aldehydes is 1. The minimum atomic E-state index is -0.260. The second kappa shape index (κ2) is 3.30. The van der Waals surface area contributed by atoms with E-state index in [0.29, 0.717) is 6.29 Å². The van der Waals surface area contributed by atoms with E-state index in [4.69, 9.17) is 5.21 Å². The minimum absolute atomic E-state index is 0.161. The predicted molar refractivity (Wildman–Crippen MR) is 20.6 cm³/mol. The van der Waals surface area contributed by atoms with Gasteiger partial charge in [-0.2, -0.15) is 0 Å². The second-order valence-corrected chi connectivity index (χ2v) is 0.894. The predicted octanol–water partition coefficient (Wildman–Crippen LogP) is -0.967. The van der Waals surface area contributed by atoms with Crippen molar-refractivity contribution in [3.63, 3.8) is 0 Å². The Morgan fingerprint density at radius 2 is 2.14 bits per heavy atom. The molecular weight excluding hydrogens is 98.0 g/mol. The molecule has 0 bridgehead atoms. The van der Waals surface area contributed by atoms with E-state index in [2.05, 4.69) is 0 Å². The van der Waals surface area contributed by atoms with Crippen LogP contribution in [-0.2, 0) is 9.59 Å². The van der Waals surface area contributed by atoms with Gasteiger partial charge >= 0.3 is 0 Å². The molecule has 0 saturated heterocycles. The summed E-state index contributed by atoms with van der Waals surface area (Å²) in [6, 6.07) is 0. The minimum Gasteiger partial charge on any atom is -0.301 e. The molecule has 0 heterocycles. The molecule has 0 rings (SSSR count). The van der Waals surface area contributed by atoms with Crippen LogP contribution in [0.5, 0.6) is 0 Å². The summed E-state index contributed by atoms with van der Waals surface area (Å²) in [5.41, 5.74) is 0. The van der Waals surface area contributed by atoms with E-state index in [1.807, 2.05) is 0 Å². The SMILES string of the molecule is O=CCN(O)C=O. The van der Waals surface area contributed by atoms with Crippen LogP contribution in [0.15, 0.2) is 0 Å². The van der Waals surface area contributed by atoms with Gasteiger partial charge in [0.2, 0.25) is 6.41 Å². The molecule has 1 N–H and O–H groups in total. The molecule has 4 heteroatoms. The van der Waals surface area contributed by atoms with E-state index >= 15 is 0 Å². The number of hydrogen-bond acceptors (Lipinski definition) is 3. The Balaban J connectivity index is 3.15. The maximum atomic E-state index is 9.41. The lowest BCUT2D eigenvalue weighted by molar-refractivity contribution is -0.151. The van der Waals surface area contributed by atoms with Crippen LogP contribution in [0.2, 0.25) is 0 Å². The van der Waals surface area contributed by atoms with Crippen molar-refractivity contribution in [3.05, 3.63) is 0 Å². The van der Waals surface area contributed by atoms with E-state index < -0.39 is 0 Å². The Morgan fingerprint density at radius 3 is 2.29 bits per heavy atom. The maximum absolute atomic E-state index is 9.41. The fourth-order valence-corrected chi connectivity index (χ4v) is 0.119. The summed E-state index contributed by atoms with van der Waals surface area (Å²) in [7, 11) is 0. The number of nitrogens with zero attached hydrogens (tertiary/aromatic N) is 1. The first-order chi connectivity index (χ1) is 3.31. The lowest BCUT2D eigenvalue weighted by atomic mass is 10.7. The summed E-state index contributed by atoms with van der Waals surface area (Å²) in [6.07, 6.45) is 0.586. The Labute approximate surface area is 40.3 Å². The number of rotatable bonds is 3. The van der Waals surface area contributed by atoms with Gasteiger partial charge in [0.05, 0.1) is 0 Å². The standard InChI is InChI=1S/C3H5NO3/c5-2-1-4(7)3-6/h2-3,7H,1H2. The summed E-state index contributed by atoms with van der Waals surface area (Å²) in [5.74, 6) is 0. The van der Waals surface area contributed by atoms with Crippen molar-refractivity contribution in [2.45, 2.75) is 0 Å². The van der Waals surface area contributed by atoms with E-state index in [9.17, 15) is 9.59 Å². The Morgan fingerprint density at radius 1 is 1.57 bits per heavy atom. The molecule has 0 fully saturated rings. The van der Waals surface area contributed by atoms with Crippen molar-refractivity contribution < 1.29 is 14.8 Å². The lowest BCUT2D eigenvalue weighted by Gasteiger charge is -1.98. The summed E-state index contributed by atoms with van der Waals surface area (Å²) in [6.45, 7) is -0.260. The molecule has 7 heavy (non-hydrogen) atoms. The molecule has 0 atom stereocenters. The molecule has 0 aliphatic carbocycles. The highest BCUT2D eigenvalue weighted by atomic mass is 16.5. The first kappa shape index (κ1) is 6.10. The lowest BCUT2D eigenvalue weighted by Crippen LogP contribution is -2.18. The average Bonchev–Trinajstić information content (AvgIpc) is 1.68. The highest BCUT2D eigenvalue weighted by molar-refractivity contribution is 5.57. The van der Waals surface area contributed by atoms with Gasteiger partial charge in [-0.15, -0.1) is 0 Å². The number of hydroxylamine groups is 2. The molecule has 0 aliphatic rings. The van der Waals surface area contributed by atoms with Gasteiger partial charge in [0.1, 0.15) is 12.8 Å². The van der Waals surface area contributed by atoms with Crippen LogP contribution in [0.25, 0.3) is 0 Å². The molecule has 0 aromatic heterocycles. The molecule has 0 aromatic rings. The Bertz CT molecular complexity index is 72.6. The van der Waals surface area contributed by atoms with Gasteiger partial charge in [-0.1, -0.05) is 0 Å². The smallest absolute Gasteiger partial charge is 0.233 e. The van der Waals surface area contributed by atoms with Crippen LogP contribution in [0.4, 0.5) is 0 Å². The van der Waals surface area contributed by atoms with Crippen molar-refractivity contribution in [3.8, 4) is 0 Å². The van der Waals surface area contributed by atoms with E-state index in [0.717, 1.165) is 0 Å². The van der Waals surface area contributed by atoms with E-state index in [1.54, 1.807) is 0 Å². The quantitative estimate of drug-likeness (QED) is 0.284. The summed E-state index contributed by atoms with van der Waals surface area (Å²) in [5, 5.41) is 8.35. The van der Waals surface area contributed by atoms with Crippen LogP contribution in [0.3, 0.4) is 0 Å². The van der Waals surface area contributed by atoms with Gasteiger partial charge in [-0.25, -0.2) is 5.06 Å². The highest BCUT2D eigenvalue weighted by Crippen LogP contribution is 1.64. The third-order valence-electron chi connectivity index (χ3n) is 0.383. The van der Waals surface area contributed by atoms with Gasteiger partial charge in [0.15, 0.2) is 0 Å². The zero-order chi connectivity index (χ0) is 5.70. The fraction of sp³-hybridized carbons (Fsp3) is 0.333. The molecule has 40 valence electrons. The first-order valence-corrected chi connectivity index (χ1v) is 1.65. The Hall–Kier alpha value is -0.900. The molecule has 0 radical (unpaired) electrons. The molecule has 0 aromatic carbocycles. The normalized spacial score (nSPS) is 7.57. The van der Waals surface area contributed by atoms with Crippen LogP contribution >= 0.6 is 0 Å². The van der Waals surface area contributed by atoms with Gasteiger partial charge in [0, 0.05) is 0 Å². The second-order valence-electron chi connectivity index (χ2n) is 0.894. The topological polar surface area (TPSA) is 57.6 Å². The number of hydrogen-bond donors (Lipinski definition) is 1. The molecule has 4 nitrogen and oxygen atoms in total. The first-order valence-electron chi connectivity index (χ1n) is 1.65. The highest BCUT2D eigenvalue weighted by Gasteiger charge is 1.87. The monoisotopic (exact) mass is 103 g/mol. The summed E-state index contributed by atoms with van der Waals surface area (Å²) < 4.78 is 0. The van der Waals surface area contributed by atoms with Crippen LogP contribution in [-0.4, -0.2) is 29.5 Å². The zero-order valence-electron chi connectivity index (χ0n) is 3.57. The van der Waals surface area contributed by atoms with Crippen molar-refractivity contribution in [1.82, 2.24) is 5.06 Å². The molecule has 0 spiro atoms. The zero-order valence-corrected chi connectivity index (χ0v) is 3.57. The summed E-state index contributed by atoms with van der Waals surface area (Å²) in [4.78, 5) is 18.8. The van der Waals surface area contributed by atoms with Crippen molar-refractivity contribution >= 4 is 12.7 Å². The molecular formula is C3H5NO3. The Kier molecular flexibility index (Phi) is 2.87. The van der Waals surface area contributed by atoms with E-state index in [1.165, 1.54) is 0 Å². The number of amides is 1. The molecule has 0 unspecified atom stereocenters. The van der Waals surface area contributed by atoms with Crippen molar-refractivity contribution in [2.75, 3.05) is 6.54 Å². The number of carbonyl (C=O) groups is 2. The van der Waals surface area contributed by atoms with E-state index in [-0.39, 0.29) is 18.0 Å². The van der Waals surface area contributed by atoms with Crippen LogP contribution < -0.4 is 0 Å². The largest absolute Gasteiger partial charge is 0.301 e. The average molecular weight is 103 g/mol. The fourth-order valence-electron chi connectivity index (χ4n) is 0.119. The third-order valence-corrected chi connectivity index (χ3v) is 0.383. The van der Waals surface area contributed by atoms with Crippen molar-refractivity contribution in [2.24, 2.45) is 0 Å². The molecule has 0 aliphatic heterocycles. The van der Waals surface area contributed by atoms with Crippen LogP contribution in [0.1, 0.15) is 0 Å². The maximum Gasteiger partial charge on any atom is 0.233 e. The van der Waals surface area contributed by atoms with Gasteiger partial charge in [-0.3, -0.25) is 10.0 Å². The molecule has 0 saturated carbocycles. The van der Waals surface area contributed by atoms with Gasteiger partial charge < -0.3 is 4.79 Å².